The number of nitriles is 2. The third-order valence-electron chi connectivity index (χ3n) is 2.70. The van der Waals surface area contributed by atoms with Crippen LogP contribution >= 0.6 is 0 Å². The third-order valence-corrected chi connectivity index (χ3v) is 3.81. The number of fused-ring (bicyclic) bond motifs is 2. The zero-order valence-corrected chi connectivity index (χ0v) is 11.1. The number of nitrogens with zero attached hydrogens (tertiary/aromatic N) is 6. The molecule has 0 saturated heterocycles. The van der Waals surface area contributed by atoms with Crippen LogP contribution in [0.5, 0.6) is 0 Å². The zero-order chi connectivity index (χ0) is 13.2. The summed E-state index contributed by atoms with van der Waals surface area (Å²) >= 11 is -0.279. The number of aliphatic imine (C=N–C) groups is 2. The Bertz CT molecular complexity index is 737. The van der Waals surface area contributed by atoms with Crippen molar-refractivity contribution in [2.75, 3.05) is 0 Å². The predicted octanol–water partition coefficient (Wildman–Crippen LogP) is 0.484. The van der Waals surface area contributed by atoms with Crippen molar-refractivity contribution in [3.8, 4) is 12.4 Å². The van der Waals surface area contributed by atoms with Gasteiger partial charge in [0.2, 0.25) is 0 Å². The normalized spacial score (nSPS) is 16.5. The van der Waals surface area contributed by atoms with Gasteiger partial charge in [0.15, 0.2) is 0 Å². The van der Waals surface area contributed by atoms with E-state index >= 15 is 0 Å². The molecule has 0 spiro atoms. The quantitative estimate of drug-likeness (QED) is 0.445. The van der Waals surface area contributed by atoms with Gasteiger partial charge in [-0.3, -0.25) is 0 Å². The molecule has 0 aliphatic heterocycles. The van der Waals surface area contributed by atoms with Gasteiger partial charge in [-0.2, -0.15) is 0 Å². The van der Waals surface area contributed by atoms with E-state index in [9.17, 15) is 0 Å². The second-order valence-corrected chi connectivity index (χ2v) is 4.74. The van der Waals surface area contributed by atoms with Gasteiger partial charge >= 0.3 is 114 Å². The van der Waals surface area contributed by atoms with Crippen LogP contribution in [0.3, 0.4) is 0 Å². The fraction of sp³-hybridized carbons (Fsp3) is 0. The Morgan fingerprint density at radius 1 is 0.895 bits per heavy atom. The standard InChI is InChI=1S/C12H4N6Se/c13-5-15-9-7-3-1-2-4-8(7)10(16-6-14)12-11(9)17-19-18-12/h1-4H. The van der Waals surface area contributed by atoms with Crippen LogP contribution in [0.25, 0.3) is 0 Å². The molecule has 0 radical (unpaired) electrons. The van der Waals surface area contributed by atoms with Crippen LogP contribution in [-0.2, 0) is 0 Å². The molecule has 19 heavy (non-hydrogen) atoms. The second kappa shape index (κ2) is 4.58. The molecule has 1 heterocycles. The zero-order valence-electron chi connectivity index (χ0n) is 9.40. The molecule has 7 heteroatoms. The Morgan fingerprint density at radius 3 is 1.79 bits per heavy atom. The molecule has 6 nitrogen and oxygen atoms in total. The van der Waals surface area contributed by atoms with Crippen molar-refractivity contribution in [1.29, 1.82) is 10.5 Å². The van der Waals surface area contributed by atoms with Gasteiger partial charge in [-0.05, 0) is 0 Å². The van der Waals surface area contributed by atoms with Crippen LogP contribution < -0.4 is 0 Å². The molecular formula is C12H4N6Se. The Balaban J connectivity index is 2.40. The Morgan fingerprint density at radius 2 is 1.37 bits per heavy atom. The molecule has 1 aromatic heterocycles. The average molecular weight is 311 g/mol. The molecule has 1 aliphatic carbocycles. The maximum absolute atomic E-state index is 8.82. The Labute approximate surface area is 114 Å². The van der Waals surface area contributed by atoms with E-state index in [1.807, 2.05) is 24.3 Å². The van der Waals surface area contributed by atoms with Crippen LogP contribution in [0.15, 0.2) is 34.3 Å². The van der Waals surface area contributed by atoms with Gasteiger partial charge < -0.3 is 0 Å². The summed E-state index contributed by atoms with van der Waals surface area (Å²) in [5, 5.41) is 17.6. The summed E-state index contributed by atoms with van der Waals surface area (Å²) in [4.78, 5) is 7.69. The summed E-state index contributed by atoms with van der Waals surface area (Å²) in [6.07, 6.45) is 3.58. The summed E-state index contributed by atoms with van der Waals surface area (Å²) in [5.41, 5.74) is 3.66. The molecule has 0 fully saturated rings. The first-order chi connectivity index (χ1) is 9.36. The van der Waals surface area contributed by atoms with E-state index in [1.54, 1.807) is 12.4 Å². The molecule has 0 N–H and O–H groups in total. The Kier molecular flexibility index (Phi) is 2.77. The van der Waals surface area contributed by atoms with Gasteiger partial charge in [-0.1, -0.05) is 0 Å². The van der Waals surface area contributed by atoms with Crippen molar-refractivity contribution < 1.29 is 0 Å². The third kappa shape index (κ3) is 1.69. The molecule has 2 aromatic rings. The van der Waals surface area contributed by atoms with E-state index in [0.717, 1.165) is 11.1 Å². The number of aromatic nitrogens is 2. The Hall–Kier alpha value is -2.60. The van der Waals surface area contributed by atoms with Crippen molar-refractivity contribution >= 4 is 26.4 Å². The molecule has 3 rings (SSSR count). The number of benzene rings is 1. The predicted molar refractivity (Wildman–Crippen MR) is 67.9 cm³/mol. The van der Waals surface area contributed by atoms with Gasteiger partial charge in [-0.15, -0.1) is 0 Å². The molecule has 1 aromatic carbocycles. The topological polar surface area (TPSA) is 98.1 Å². The van der Waals surface area contributed by atoms with Crippen molar-refractivity contribution in [2.24, 2.45) is 9.98 Å². The molecule has 0 unspecified atom stereocenters. The molecule has 1 aliphatic rings. The maximum atomic E-state index is 8.82. The number of rotatable bonds is 0. The van der Waals surface area contributed by atoms with Gasteiger partial charge in [0.05, 0.1) is 0 Å². The molecular weight excluding hydrogens is 307 g/mol. The number of hydrogen-bond donors (Lipinski definition) is 0. The van der Waals surface area contributed by atoms with E-state index in [0.29, 0.717) is 22.8 Å². The summed E-state index contributed by atoms with van der Waals surface area (Å²) in [7, 11) is 0. The minimum absolute atomic E-state index is 0.279. The molecule has 0 amide bonds. The molecule has 0 atom stereocenters. The van der Waals surface area contributed by atoms with Crippen LogP contribution in [0, 0.1) is 22.9 Å². The minimum atomic E-state index is -0.279. The summed E-state index contributed by atoms with van der Waals surface area (Å²) in [6.45, 7) is 0. The van der Waals surface area contributed by atoms with E-state index in [2.05, 4.69) is 17.9 Å². The van der Waals surface area contributed by atoms with Gasteiger partial charge in [0.25, 0.3) is 0 Å². The van der Waals surface area contributed by atoms with Crippen molar-refractivity contribution in [3.05, 3.63) is 46.8 Å². The van der Waals surface area contributed by atoms with E-state index in [-0.39, 0.29) is 15.0 Å². The van der Waals surface area contributed by atoms with Crippen LogP contribution in [-0.4, -0.2) is 34.3 Å². The fourth-order valence-electron chi connectivity index (χ4n) is 1.98. The second-order valence-electron chi connectivity index (χ2n) is 3.63. The monoisotopic (exact) mass is 312 g/mol. The van der Waals surface area contributed by atoms with E-state index < -0.39 is 0 Å². The van der Waals surface area contributed by atoms with Gasteiger partial charge in [0.1, 0.15) is 0 Å². The molecule has 88 valence electrons. The SMILES string of the molecule is N#CN=C1c2ccccc2C(=NC#N)c2n[se]nc21. The van der Waals surface area contributed by atoms with Crippen LogP contribution in [0.1, 0.15) is 22.5 Å². The van der Waals surface area contributed by atoms with Crippen LogP contribution in [0.2, 0.25) is 0 Å². The summed E-state index contributed by atoms with van der Waals surface area (Å²) in [6, 6.07) is 7.36. The summed E-state index contributed by atoms with van der Waals surface area (Å²) < 4.78 is 8.58. The van der Waals surface area contributed by atoms with E-state index in [1.165, 1.54) is 0 Å². The van der Waals surface area contributed by atoms with Crippen molar-refractivity contribution in [2.45, 2.75) is 0 Å². The average Bonchev–Trinajstić information content (AvgIpc) is 2.91. The van der Waals surface area contributed by atoms with Gasteiger partial charge in [-0.25, -0.2) is 0 Å². The fourth-order valence-corrected chi connectivity index (χ4v) is 3.13. The first-order valence-corrected chi connectivity index (χ1v) is 6.76. The van der Waals surface area contributed by atoms with Gasteiger partial charge in [0, 0.05) is 0 Å². The molecule has 0 saturated carbocycles. The van der Waals surface area contributed by atoms with Crippen LogP contribution in [0.4, 0.5) is 0 Å². The van der Waals surface area contributed by atoms with Crippen molar-refractivity contribution in [3.63, 3.8) is 0 Å². The number of hydrogen-bond acceptors (Lipinski definition) is 6. The first kappa shape index (κ1) is 11.5. The van der Waals surface area contributed by atoms with E-state index in [4.69, 9.17) is 10.5 Å². The summed E-state index contributed by atoms with van der Waals surface area (Å²) in [5.74, 6) is 0. The first-order valence-electron chi connectivity index (χ1n) is 5.23. The molecule has 0 bridgehead atoms. The van der Waals surface area contributed by atoms with Crippen molar-refractivity contribution in [1.82, 2.24) is 7.96 Å².